The van der Waals surface area contributed by atoms with E-state index in [4.69, 9.17) is 9.97 Å². The van der Waals surface area contributed by atoms with Crippen LogP contribution in [-0.4, -0.2) is 59.0 Å². The second-order valence-electron chi connectivity index (χ2n) is 9.39. The molecule has 2 aliphatic rings. The van der Waals surface area contributed by atoms with E-state index in [2.05, 4.69) is 39.5 Å². The van der Waals surface area contributed by atoms with Crippen molar-refractivity contribution in [2.24, 2.45) is 5.92 Å². The van der Waals surface area contributed by atoms with E-state index in [-0.39, 0.29) is 11.8 Å². The number of amides is 1. The molecule has 1 aliphatic heterocycles. The van der Waals surface area contributed by atoms with E-state index in [1.807, 2.05) is 43.5 Å². The van der Waals surface area contributed by atoms with E-state index in [1.165, 1.54) is 18.2 Å². The summed E-state index contributed by atoms with van der Waals surface area (Å²) in [5, 5.41) is 7.87. The number of benzene rings is 1. The molecule has 0 unspecified atom stereocenters. The molecule has 5 rings (SSSR count). The van der Waals surface area contributed by atoms with Gasteiger partial charge in [-0.05, 0) is 82.7 Å². The molecule has 1 saturated carbocycles. The molecule has 2 aromatic heterocycles. The molecule has 35 heavy (non-hydrogen) atoms. The molecule has 2 fully saturated rings. The lowest BCUT2D eigenvalue weighted by atomic mass is 10.1. The van der Waals surface area contributed by atoms with Crippen LogP contribution in [0, 0.1) is 12.8 Å². The number of rotatable bonds is 8. The Labute approximate surface area is 214 Å². The van der Waals surface area contributed by atoms with Gasteiger partial charge in [0.15, 0.2) is 10.3 Å². The minimum Gasteiger partial charge on any atom is -0.355 e. The predicted molar refractivity (Wildman–Crippen MR) is 143 cm³/mol. The van der Waals surface area contributed by atoms with Crippen LogP contribution < -0.4 is 15.5 Å². The fourth-order valence-electron chi connectivity index (χ4n) is 4.09. The Kier molecular flexibility index (Phi) is 7.22. The summed E-state index contributed by atoms with van der Waals surface area (Å²) in [6, 6.07) is 10.4. The Morgan fingerprint density at radius 1 is 1.17 bits per heavy atom. The summed E-state index contributed by atoms with van der Waals surface area (Å²) in [6.07, 6.45) is 6.19. The Morgan fingerprint density at radius 2 is 1.97 bits per heavy atom. The monoisotopic (exact) mass is 509 g/mol. The molecule has 0 radical (unpaired) electrons. The standard InChI is InChI=1S/C25H31N7OS2/c1-16-14-26-24(34-16)28-21-13-22(32-12-4-5-19(15-32)31(2)3)30-25(29-21)35-20-10-8-18(9-11-20)27-23(33)17-6-7-17/h8-11,13-14,17,19H,4-7,12,15H2,1-3H3,(H,27,33)(H,26,28,29,30)/t19-/m1/s1. The van der Waals surface area contributed by atoms with Crippen molar-refractivity contribution in [3.8, 4) is 0 Å². The van der Waals surface area contributed by atoms with Crippen molar-refractivity contribution in [3.05, 3.63) is 41.4 Å². The quantitative estimate of drug-likeness (QED) is 0.410. The van der Waals surface area contributed by atoms with Gasteiger partial charge in [0.05, 0.1) is 0 Å². The molecular weight excluding hydrogens is 478 g/mol. The second-order valence-corrected chi connectivity index (χ2v) is 11.7. The molecule has 2 N–H and O–H groups in total. The maximum Gasteiger partial charge on any atom is 0.227 e. The summed E-state index contributed by atoms with van der Waals surface area (Å²) >= 11 is 3.13. The van der Waals surface area contributed by atoms with Crippen molar-refractivity contribution in [2.45, 2.75) is 48.7 Å². The van der Waals surface area contributed by atoms with Crippen molar-refractivity contribution in [1.82, 2.24) is 19.9 Å². The van der Waals surface area contributed by atoms with Crippen LogP contribution in [0.15, 0.2) is 46.6 Å². The van der Waals surface area contributed by atoms with Crippen molar-refractivity contribution < 1.29 is 4.79 Å². The van der Waals surface area contributed by atoms with Crippen molar-refractivity contribution >= 4 is 51.5 Å². The van der Waals surface area contributed by atoms with Gasteiger partial charge in [0.25, 0.3) is 0 Å². The van der Waals surface area contributed by atoms with Crippen molar-refractivity contribution in [3.63, 3.8) is 0 Å². The Bertz CT molecular complexity index is 1180. The third-order valence-electron chi connectivity index (χ3n) is 6.28. The number of likely N-dealkylation sites (N-methyl/N-ethyl adjacent to an activating group) is 1. The fraction of sp³-hybridized carbons (Fsp3) is 0.440. The lowest BCUT2D eigenvalue weighted by Crippen LogP contribution is -2.45. The third-order valence-corrected chi connectivity index (χ3v) is 7.98. The van der Waals surface area contributed by atoms with Gasteiger partial charge in [-0.1, -0.05) is 0 Å². The molecule has 1 amide bonds. The number of aromatic nitrogens is 3. The van der Waals surface area contributed by atoms with Crippen LogP contribution in [-0.2, 0) is 4.79 Å². The average Bonchev–Trinajstić information content (AvgIpc) is 3.63. The zero-order valence-electron chi connectivity index (χ0n) is 20.3. The van der Waals surface area contributed by atoms with Gasteiger partial charge in [-0.15, -0.1) is 11.3 Å². The van der Waals surface area contributed by atoms with Crippen LogP contribution in [0.4, 0.5) is 22.5 Å². The largest absolute Gasteiger partial charge is 0.355 e. The first-order valence-corrected chi connectivity index (χ1v) is 13.6. The number of nitrogens with zero attached hydrogens (tertiary/aromatic N) is 5. The number of anilines is 4. The molecule has 1 aliphatic carbocycles. The highest BCUT2D eigenvalue weighted by Crippen LogP contribution is 2.33. The minimum atomic E-state index is 0.118. The van der Waals surface area contributed by atoms with E-state index in [0.717, 1.165) is 64.6 Å². The van der Waals surface area contributed by atoms with Gasteiger partial charge < -0.3 is 20.4 Å². The highest BCUT2D eigenvalue weighted by molar-refractivity contribution is 7.99. The summed E-state index contributed by atoms with van der Waals surface area (Å²) in [5.41, 5.74) is 0.824. The Balaban J connectivity index is 1.36. The van der Waals surface area contributed by atoms with Gasteiger partial charge in [0.1, 0.15) is 11.6 Å². The summed E-state index contributed by atoms with van der Waals surface area (Å²) in [7, 11) is 4.29. The van der Waals surface area contributed by atoms with Crippen molar-refractivity contribution in [2.75, 3.05) is 42.7 Å². The van der Waals surface area contributed by atoms with Crippen molar-refractivity contribution in [1.29, 1.82) is 0 Å². The topological polar surface area (TPSA) is 86.3 Å². The second kappa shape index (κ2) is 10.5. The first kappa shape index (κ1) is 24.0. The van der Waals surface area contributed by atoms with E-state index in [9.17, 15) is 4.79 Å². The molecule has 10 heteroatoms. The normalized spacial score (nSPS) is 18.1. The van der Waals surface area contributed by atoms with E-state index in [0.29, 0.717) is 11.2 Å². The molecule has 1 saturated heterocycles. The number of nitrogens with one attached hydrogen (secondary N) is 2. The SMILES string of the molecule is Cc1cnc(Nc2cc(N3CCC[C@@H](N(C)C)C3)nc(Sc3ccc(NC(=O)C4CC4)cc3)n2)s1. The van der Waals surface area contributed by atoms with E-state index in [1.54, 1.807) is 11.3 Å². The predicted octanol–water partition coefficient (Wildman–Crippen LogP) is 5.02. The fourth-order valence-corrected chi connectivity index (χ4v) is 5.53. The maximum atomic E-state index is 12.0. The molecule has 1 aromatic carbocycles. The van der Waals surface area contributed by atoms with Crippen LogP contribution >= 0.6 is 23.1 Å². The van der Waals surface area contributed by atoms with E-state index >= 15 is 0 Å². The summed E-state index contributed by atoms with van der Waals surface area (Å²) < 4.78 is 0. The maximum absolute atomic E-state index is 12.0. The van der Waals surface area contributed by atoms with Crippen LogP contribution in [0.2, 0.25) is 0 Å². The van der Waals surface area contributed by atoms with Crippen LogP contribution in [0.1, 0.15) is 30.6 Å². The zero-order chi connectivity index (χ0) is 24.4. The molecule has 8 nitrogen and oxygen atoms in total. The summed E-state index contributed by atoms with van der Waals surface area (Å²) in [6.45, 7) is 3.97. The molecule has 3 aromatic rings. The number of aryl methyl sites for hydroxylation is 1. The molecule has 0 spiro atoms. The minimum absolute atomic E-state index is 0.118. The van der Waals surface area contributed by atoms with Gasteiger partial charge >= 0.3 is 0 Å². The summed E-state index contributed by atoms with van der Waals surface area (Å²) in [5.74, 6) is 1.98. The first-order valence-electron chi connectivity index (χ1n) is 12.0. The lowest BCUT2D eigenvalue weighted by Gasteiger charge is -2.36. The molecule has 3 heterocycles. The number of thiazole rings is 1. The van der Waals surface area contributed by atoms with Gasteiger partial charge in [0.2, 0.25) is 5.91 Å². The van der Waals surface area contributed by atoms with Gasteiger partial charge in [-0.25, -0.2) is 15.0 Å². The average molecular weight is 510 g/mol. The third kappa shape index (κ3) is 6.31. The first-order chi connectivity index (χ1) is 16.9. The van der Waals surface area contributed by atoms with Gasteiger partial charge in [-0.3, -0.25) is 4.79 Å². The van der Waals surface area contributed by atoms with Crippen LogP contribution in [0.3, 0.4) is 0 Å². The van der Waals surface area contributed by atoms with Gasteiger partial charge in [0, 0.05) is 52.8 Å². The van der Waals surface area contributed by atoms with Gasteiger partial charge in [-0.2, -0.15) is 0 Å². The van der Waals surface area contributed by atoms with Crippen LogP contribution in [0.5, 0.6) is 0 Å². The Hall–Kier alpha value is -2.69. The zero-order valence-corrected chi connectivity index (χ0v) is 22.0. The highest BCUT2D eigenvalue weighted by Gasteiger charge is 2.29. The number of carbonyl (C=O) groups excluding carboxylic acids is 1. The molecule has 184 valence electrons. The van der Waals surface area contributed by atoms with E-state index < -0.39 is 0 Å². The lowest BCUT2D eigenvalue weighted by molar-refractivity contribution is -0.117. The summed E-state index contributed by atoms with van der Waals surface area (Å²) in [4.78, 5) is 33.0. The number of hydrogen-bond acceptors (Lipinski definition) is 9. The Morgan fingerprint density at radius 3 is 2.66 bits per heavy atom. The molecule has 1 atom stereocenters. The smallest absolute Gasteiger partial charge is 0.227 e. The number of hydrogen-bond donors (Lipinski definition) is 2. The highest BCUT2D eigenvalue weighted by atomic mass is 32.2. The molecular formula is C25H31N7OS2. The molecule has 0 bridgehead atoms. The number of piperidine rings is 1. The number of carbonyl (C=O) groups is 1. The van der Waals surface area contributed by atoms with Crippen LogP contribution in [0.25, 0.3) is 0 Å².